The number of azide groups is 1. The van der Waals surface area contributed by atoms with Crippen LogP contribution in [0.5, 0.6) is 0 Å². The van der Waals surface area contributed by atoms with E-state index >= 15 is 0 Å². The van der Waals surface area contributed by atoms with Gasteiger partial charge in [0.05, 0.1) is 5.50 Å². The number of amides is 1. The summed E-state index contributed by atoms with van der Waals surface area (Å²) in [6.07, 6.45) is 1.41. The predicted octanol–water partition coefficient (Wildman–Crippen LogP) is 1.90. The SMILES string of the molecule is C/C(=C\NC(C)Cl)C(=O)N=[N+]=[N-]. The lowest BCUT2D eigenvalue weighted by molar-refractivity contribution is -0.114. The van der Waals surface area contributed by atoms with E-state index in [4.69, 9.17) is 17.1 Å². The minimum atomic E-state index is -0.609. The molecule has 0 spiro atoms. The summed E-state index contributed by atoms with van der Waals surface area (Å²) in [5.74, 6) is -0.609. The summed E-state index contributed by atoms with van der Waals surface area (Å²) in [6.45, 7) is 3.24. The second-order valence-electron chi connectivity index (χ2n) is 2.10. The number of halogens is 1. The zero-order valence-electron chi connectivity index (χ0n) is 6.78. The number of alkyl halides is 1. The maximum absolute atomic E-state index is 10.8. The summed E-state index contributed by atoms with van der Waals surface area (Å²) < 4.78 is 0. The fraction of sp³-hybridized carbons (Fsp3) is 0.500. The van der Waals surface area contributed by atoms with Crippen molar-refractivity contribution in [3.63, 3.8) is 0 Å². The smallest absolute Gasteiger partial charge is 0.246 e. The van der Waals surface area contributed by atoms with Gasteiger partial charge in [0.25, 0.3) is 0 Å². The molecule has 0 aromatic heterocycles. The van der Waals surface area contributed by atoms with Crippen molar-refractivity contribution in [1.82, 2.24) is 5.32 Å². The lowest BCUT2D eigenvalue weighted by Crippen LogP contribution is -2.14. The molecule has 0 aliphatic heterocycles. The molecule has 0 aliphatic rings. The Bertz CT molecular complexity index is 242. The van der Waals surface area contributed by atoms with Crippen LogP contribution >= 0.6 is 11.6 Å². The van der Waals surface area contributed by atoms with Gasteiger partial charge < -0.3 is 5.32 Å². The van der Waals surface area contributed by atoms with Crippen molar-refractivity contribution >= 4 is 17.5 Å². The van der Waals surface area contributed by atoms with Crippen LogP contribution in [0.4, 0.5) is 0 Å². The molecular weight excluding hydrogens is 180 g/mol. The quantitative estimate of drug-likeness (QED) is 0.183. The number of carbonyl (C=O) groups is 1. The maximum atomic E-state index is 10.8. The van der Waals surface area contributed by atoms with E-state index in [0.29, 0.717) is 5.57 Å². The van der Waals surface area contributed by atoms with Gasteiger partial charge in [0.1, 0.15) is 0 Å². The molecule has 1 amide bonds. The van der Waals surface area contributed by atoms with Gasteiger partial charge in [0.15, 0.2) is 0 Å². The molecule has 0 heterocycles. The third kappa shape index (κ3) is 4.60. The Morgan fingerprint density at radius 2 is 2.42 bits per heavy atom. The van der Waals surface area contributed by atoms with Crippen LogP contribution in [0.25, 0.3) is 10.4 Å². The molecule has 0 radical (unpaired) electrons. The Labute approximate surface area is 75.0 Å². The highest BCUT2D eigenvalue weighted by Crippen LogP contribution is 1.96. The molecule has 0 fully saturated rings. The molecule has 0 rings (SSSR count). The fourth-order valence-corrected chi connectivity index (χ4v) is 0.484. The van der Waals surface area contributed by atoms with Crippen LogP contribution in [0.15, 0.2) is 16.9 Å². The predicted molar refractivity (Wildman–Crippen MR) is 46.4 cm³/mol. The van der Waals surface area contributed by atoms with E-state index in [1.54, 1.807) is 6.92 Å². The minimum absolute atomic E-state index is 0.265. The fourth-order valence-electron chi connectivity index (χ4n) is 0.421. The minimum Gasteiger partial charge on any atom is -0.375 e. The highest BCUT2D eigenvalue weighted by Gasteiger charge is 1.99. The Morgan fingerprint density at radius 3 is 2.83 bits per heavy atom. The average molecular weight is 189 g/mol. The number of hydrogen-bond donors (Lipinski definition) is 1. The summed E-state index contributed by atoms with van der Waals surface area (Å²) in [7, 11) is 0. The maximum Gasteiger partial charge on any atom is 0.246 e. The van der Waals surface area contributed by atoms with E-state index < -0.39 is 5.91 Å². The number of nitrogens with one attached hydrogen (secondary N) is 1. The lowest BCUT2D eigenvalue weighted by atomic mass is 10.3. The normalized spacial score (nSPS) is 13.1. The lowest BCUT2D eigenvalue weighted by Gasteiger charge is -2.01. The highest BCUT2D eigenvalue weighted by atomic mass is 35.5. The molecule has 6 heteroatoms. The van der Waals surface area contributed by atoms with E-state index in [9.17, 15) is 4.79 Å². The molecule has 0 bridgehead atoms. The Balaban J connectivity index is 4.17. The van der Waals surface area contributed by atoms with Gasteiger partial charge in [0.2, 0.25) is 5.91 Å². The van der Waals surface area contributed by atoms with E-state index in [1.165, 1.54) is 13.1 Å². The van der Waals surface area contributed by atoms with Crippen LogP contribution in [0.3, 0.4) is 0 Å². The second kappa shape index (κ2) is 5.46. The van der Waals surface area contributed by atoms with E-state index in [-0.39, 0.29) is 5.50 Å². The van der Waals surface area contributed by atoms with Crippen molar-refractivity contribution in [3.8, 4) is 0 Å². The molecule has 0 saturated carbocycles. The van der Waals surface area contributed by atoms with Gasteiger partial charge >= 0.3 is 0 Å². The molecule has 0 saturated heterocycles. The molecular formula is C6H9ClN4O. The zero-order chi connectivity index (χ0) is 9.56. The molecule has 0 aliphatic carbocycles. The number of nitrogens with zero attached hydrogens (tertiary/aromatic N) is 3. The van der Waals surface area contributed by atoms with Gasteiger partial charge in [0, 0.05) is 16.7 Å². The van der Waals surface area contributed by atoms with Crippen molar-refractivity contribution in [2.24, 2.45) is 5.11 Å². The molecule has 1 N–H and O–H groups in total. The van der Waals surface area contributed by atoms with Crippen LogP contribution in [-0.2, 0) is 4.79 Å². The Kier molecular flexibility index (Phi) is 4.92. The molecule has 1 unspecified atom stereocenters. The first-order chi connectivity index (χ1) is 5.57. The summed E-state index contributed by atoms with van der Waals surface area (Å²) in [6, 6.07) is 0. The first kappa shape index (κ1) is 10.8. The first-order valence-electron chi connectivity index (χ1n) is 3.24. The van der Waals surface area contributed by atoms with Crippen molar-refractivity contribution in [2.75, 3.05) is 0 Å². The highest BCUT2D eigenvalue weighted by molar-refractivity contribution is 6.20. The molecule has 12 heavy (non-hydrogen) atoms. The number of rotatable bonds is 3. The second-order valence-corrected chi connectivity index (χ2v) is 2.76. The van der Waals surface area contributed by atoms with Crippen molar-refractivity contribution in [2.45, 2.75) is 19.3 Å². The molecule has 0 aromatic rings. The summed E-state index contributed by atoms with van der Waals surface area (Å²) in [5, 5.41) is 5.58. The van der Waals surface area contributed by atoms with Gasteiger partial charge in [-0.3, -0.25) is 4.79 Å². The summed E-state index contributed by atoms with van der Waals surface area (Å²) in [4.78, 5) is 13.1. The topological polar surface area (TPSA) is 77.9 Å². The molecule has 1 atom stereocenters. The van der Waals surface area contributed by atoms with Crippen LogP contribution in [0, 0.1) is 0 Å². The van der Waals surface area contributed by atoms with Gasteiger partial charge in [-0.05, 0) is 24.5 Å². The van der Waals surface area contributed by atoms with E-state index in [1.807, 2.05) is 0 Å². The van der Waals surface area contributed by atoms with Crippen LogP contribution in [0.1, 0.15) is 13.8 Å². The largest absolute Gasteiger partial charge is 0.375 e. The third-order valence-corrected chi connectivity index (χ3v) is 1.13. The average Bonchev–Trinajstić information content (AvgIpc) is 2.00. The monoisotopic (exact) mass is 188 g/mol. The molecule has 0 aromatic carbocycles. The van der Waals surface area contributed by atoms with Crippen LogP contribution in [0.2, 0.25) is 0 Å². The first-order valence-corrected chi connectivity index (χ1v) is 3.68. The van der Waals surface area contributed by atoms with Crippen molar-refractivity contribution in [1.29, 1.82) is 0 Å². The third-order valence-electron chi connectivity index (χ3n) is 1.00. The standard InChI is InChI=1S/C6H9ClN4O/c1-4(3-9-5(2)7)6(12)10-11-8/h3,5,9H,1-2H3/b4-3+. The van der Waals surface area contributed by atoms with Crippen molar-refractivity contribution in [3.05, 3.63) is 22.2 Å². The van der Waals surface area contributed by atoms with Crippen LogP contribution in [-0.4, -0.2) is 11.4 Å². The van der Waals surface area contributed by atoms with Gasteiger partial charge in [-0.2, -0.15) is 0 Å². The summed E-state index contributed by atoms with van der Waals surface area (Å²) >= 11 is 5.53. The number of carbonyl (C=O) groups excluding carboxylic acids is 1. The Morgan fingerprint density at radius 1 is 1.83 bits per heavy atom. The van der Waals surface area contributed by atoms with Gasteiger partial charge in [-0.1, -0.05) is 11.6 Å². The van der Waals surface area contributed by atoms with E-state index in [2.05, 4.69) is 15.3 Å². The molecule has 66 valence electrons. The van der Waals surface area contributed by atoms with Crippen LogP contribution < -0.4 is 5.32 Å². The van der Waals surface area contributed by atoms with Crippen molar-refractivity contribution < 1.29 is 4.79 Å². The van der Waals surface area contributed by atoms with E-state index in [0.717, 1.165) is 0 Å². The Hall–Kier alpha value is -1.19. The molecule has 5 nitrogen and oxygen atoms in total. The van der Waals surface area contributed by atoms with Gasteiger partial charge in [-0.25, -0.2) is 0 Å². The summed E-state index contributed by atoms with van der Waals surface area (Å²) in [5.41, 5.74) is 7.98. The zero-order valence-corrected chi connectivity index (χ0v) is 7.54. The van der Waals surface area contributed by atoms with Gasteiger partial charge in [-0.15, -0.1) is 0 Å². The number of hydrogen-bond acceptors (Lipinski definition) is 2.